The van der Waals surface area contributed by atoms with Crippen molar-refractivity contribution < 1.29 is 0 Å². The molecule has 1 aliphatic carbocycles. The largest absolute Gasteiger partial charge is 0.315 e. The molecule has 0 aromatic carbocycles. The molecule has 0 amide bonds. The zero-order valence-electron chi connectivity index (χ0n) is 13.0. The smallest absolute Gasteiger partial charge is 0.0118 e. The Bertz CT molecular complexity index is 203. The molecule has 0 saturated heterocycles. The number of rotatable bonds is 8. The first kappa shape index (κ1) is 16.0. The second-order valence-electron chi connectivity index (χ2n) is 6.48. The summed E-state index contributed by atoms with van der Waals surface area (Å²) in [5, 5.41) is 3.49. The fourth-order valence-corrected chi connectivity index (χ4v) is 3.17. The highest BCUT2D eigenvalue weighted by atomic mass is 15.1. The third kappa shape index (κ3) is 6.19. The van der Waals surface area contributed by atoms with Gasteiger partial charge in [-0.3, -0.25) is 0 Å². The molecule has 18 heavy (non-hydrogen) atoms. The molecule has 1 aliphatic rings. The van der Waals surface area contributed by atoms with Crippen molar-refractivity contribution in [2.45, 2.75) is 77.8 Å². The van der Waals surface area contributed by atoms with Crippen LogP contribution in [0.5, 0.6) is 0 Å². The lowest BCUT2D eigenvalue weighted by molar-refractivity contribution is 0.137. The quantitative estimate of drug-likeness (QED) is 0.665. The maximum atomic E-state index is 3.49. The van der Waals surface area contributed by atoms with Crippen LogP contribution in [0.3, 0.4) is 0 Å². The van der Waals surface area contributed by atoms with E-state index >= 15 is 0 Å². The minimum Gasteiger partial charge on any atom is -0.315 e. The molecule has 0 bridgehead atoms. The summed E-state index contributed by atoms with van der Waals surface area (Å²) in [6.45, 7) is 9.35. The van der Waals surface area contributed by atoms with E-state index in [0.717, 1.165) is 12.0 Å². The van der Waals surface area contributed by atoms with Gasteiger partial charge in [-0.2, -0.15) is 0 Å². The predicted molar refractivity (Wildman–Crippen MR) is 81.0 cm³/mol. The third-order valence-corrected chi connectivity index (χ3v) is 4.37. The van der Waals surface area contributed by atoms with Gasteiger partial charge in [-0.15, -0.1) is 0 Å². The summed E-state index contributed by atoms with van der Waals surface area (Å²) in [6, 6.07) is 1.49. The van der Waals surface area contributed by atoms with E-state index in [2.05, 4.69) is 38.0 Å². The summed E-state index contributed by atoms with van der Waals surface area (Å²) >= 11 is 0. The van der Waals surface area contributed by atoms with Crippen LogP contribution in [0.25, 0.3) is 0 Å². The molecule has 1 rings (SSSR count). The zero-order valence-corrected chi connectivity index (χ0v) is 13.0. The molecular formula is C16H34N2. The maximum absolute atomic E-state index is 3.49. The van der Waals surface area contributed by atoms with Gasteiger partial charge in [0, 0.05) is 12.1 Å². The molecule has 0 spiro atoms. The average molecular weight is 254 g/mol. The van der Waals surface area contributed by atoms with E-state index in [4.69, 9.17) is 0 Å². The average Bonchev–Trinajstić information content (AvgIpc) is 2.33. The SMILES string of the molecule is CC(C)NCCCCCN(C)C1CCCCC1C. The van der Waals surface area contributed by atoms with Crippen LogP contribution in [0.1, 0.15) is 65.7 Å². The summed E-state index contributed by atoms with van der Waals surface area (Å²) in [5.74, 6) is 0.909. The lowest BCUT2D eigenvalue weighted by atomic mass is 9.85. The van der Waals surface area contributed by atoms with Gasteiger partial charge in [-0.1, -0.05) is 40.0 Å². The molecule has 1 N–H and O–H groups in total. The Kier molecular flexibility index (Phi) is 7.92. The van der Waals surface area contributed by atoms with Gasteiger partial charge in [-0.25, -0.2) is 0 Å². The van der Waals surface area contributed by atoms with Crippen molar-refractivity contribution in [1.82, 2.24) is 10.2 Å². The lowest BCUT2D eigenvalue weighted by Gasteiger charge is -2.36. The molecule has 108 valence electrons. The standard InChI is InChI=1S/C16H34N2/c1-14(2)17-12-8-5-9-13-18(4)16-11-7-6-10-15(16)3/h14-17H,5-13H2,1-4H3. The van der Waals surface area contributed by atoms with E-state index in [1.807, 2.05) is 0 Å². The minimum atomic E-state index is 0.635. The van der Waals surface area contributed by atoms with Crippen molar-refractivity contribution in [3.05, 3.63) is 0 Å². The van der Waals surface area contributed by atoms with Crippen molar-refractivity contribution >= 4 is 0 Å². The topological polar surface area (TPSA) is 15.3 Å². The molecule has 0 aromatic rings. The highest BCUT2D eigenvalue weighted by Gasteiger charge is 2.24. The highest BCUT2D eigenvalue weighted by molar-refractivity contribution is 4.79. The second kappa shape index (κ2) is 8.92. The molecule has 1 fully saturated rings. The van der Waals surface area contributed by atoms with Crippen molar-refractivity contribution in [2.75, 3.05) is 20.1 Å². The van der Waals surface area contributed by atoms with Gasteiger partial charge in [0.05, 0.1) is 0 Å². The van der Waals surface area contributed by atoms with Gasteiger partial charge in [0.25, 0.3) is 0 Å². The van der Waals surface area contributed by atoms with Crippen molar-refractivity contribution in [2.24, 2.45) is 5.92 Å². The normalized spacial score (nSPS) is 25.0. The number of nitrogens with one attached hydrogen (secondary N) is 1. The summed E-state index contributed by atoms with van der Waals surface area (Å²) < 4.78 is 0. The van der Waals surface area contributed by atoms with Crippen molar-refractivity contribution in [3.63, 3.8) is 0 Å². The molecule has 1 saturated carbocycles. The zero-order chi connectivity index (χ0) is 13.4. The third-order valence-electron chi connectivity index (χ3n) is 4.37. The highest BCUT2D eigenvalue weighted by Crippen LogP contribution is 2.27. The van der Waals surface area contributed by atoms with E-state index in [0.29, 0.717) is 6.04 Å². The molecule has 2 unspecified atom stereocenters. The van der Waals surface area contributed by atoms with Crippen LogP contribution in [0.15, 0.2) is 0 Å². The van der Waals surface area contributed by atoms with Crippen molar-refractivity contribution in [1.29, 1.82) is 0 Å². The molecule has 0 aromatic heterocycles. The van der Waals surface area contributed by atoms with Gasteiger partial charge in [0.15, 0.2) is 0 Å². The van der Waals surface area contributed by atoms with Crippen LogP contribution in [0.4, 0.5) is 0 Å². The van der Waals surface area contributed by atoms with Crippen LogP contribution in [-0.4, -0.2) is 37.1 Å². The van der Waals surface area contributed by atoms with E-state index < -0.39 is 0 Å². The Hall–Kier alpha value is -0.0800. The predicted octanol–water partition coefficient (Wildman–Crippen LogP) is 3.67. The molecule has 0 aliphatic heterocycles. The summed E-state index contributed by atoms with van der Waals surface area (Å²) in [5.41, 5.74) is 0. The number of unbranched alkanes of at least 4 members (excludes halogenated alkanes) is 2. The monoisotopic (exact) mass is 254 g/mol. The second-order valence-corrected chi connectivity index (χ2v) is 6.48. The van der Waals surface area contributed by atoms with Gasteiger partial charge in [-0.05, 0) is 51.7 Å². The summed E-state index contributed by atoms with van der Waals surface area (Å²) in [6.07, 6.45) is 9.81. The fraction of sp³-hybridized carbons (Fsp3) is 1.00. The van der Waals surface area contributed by atoms with Crippen LogP contribution in [0.2, 0.25) is 0 Å². The number of hydrogen-bond acceptors (Lipinski definition) is 2. The van der Waals surface area contributed by atoms with E-state index in [1.165, 1.54) is 58.0 Å². The molecule has 0 heterocycles. The first-order valence-electron chi connectivity index (χ1n) is 8.05. The molecule has 2 heteroatoms. The Balaban J connectivity index is 2.04. The minimum absolute atomic E-state index is 0.635. The maximum Gasteiger partial charge on any atom is 0.0118 e. The molecular weight excluding hydrogens is 220 g/mol. The first-order valence-corrected chi connectivity index (χ1v) is 8.05. The Morgan fingerprint density at radius 1 is 1.11 bits per heavy atom. The van der Waals surface area contributed by atoms with Crippen LogP contribution in [-0.2, 0) is 0 Å². The van der Waals surface area contributed by atoms with E-state index in [9.17, 15) is 0 Å². The summed E-state index contributed by atoms with van der Waals surface area (Å²) in [7, 11) is 2.33. The molecule has 2 atom stereocenters. The molecule has 0 radical (unpaired) electrons. The van der Waals surface area contributed by atoms with Crippen LogP contribution in [0, 0.1) is 5.92 Å². The van der Waals surface area contributed by atoms with Crippen LogP contribution >= 0.6 is 0 Å². The van der Waals surface area contributed by atoms with Gasteiger partial charge < -0.3 is 10.2 Å². The van der Waals surface area contributed by atoms with Crippen LogP contribution < -0.4 is 5.32 Å². The van der Waals surface area contributed by atoms with Gasteiger partial charge in [0.1, 0.15) is 0 Å². The number of hydrogen-bond donors (Lipinski definition) is 1. The Labute approximate surface area is 115 Å². The van der Waals surface area contributed by atoms with Crippen molar-refractivity contribution in [3.8, 4) is 0 Å². The Morgan fingerprint density at radius 2 is 1.83 bits per heavy atom. The first-order chi connectivity index (χ1) is 8.61. The van der Waals surface area contributed by atoms with E-state index in [1.54, 1.807) is 0 Å². The van der Waals surface area contributed by atoms with Gasteiger partial charge in [0.2, 0.25) is 0 Å². The lowest BCUT2D eigenvalue weighted by Crippen LogP contribution is -2.39. The fourth-order valence-electron chi connectivity index (χ4n) is 3.17. The summed E-state index contributed by atoms with van der Waals surface area (Å²) in [4.78, 5) is 2.62. The Morgan fingerprint density at radius 3 is 2.50 bits per heavy atom. The molecule has 2 nitrogen and oxygen atoms in total. The van der Waals surface area contributed by atoms with E-state index in [-0.39, 0.29) is 0 Å². The van der Waals surface area contributed by atoms with Gasteiger partial charge >= 0.3 is 0 Å². The number of nitrogens with zero attached hydrogens (tertiary/aromatic N) is 1.